The predicted molar refractivity (Wildman–Crippen MR) is 74.5 cm³/mol. The summed E-state index contributed by atoms with van der Waals surface area (Å²) < 4.78 is 10.4. The lowest BCUT2D eigenvalue weighted by Crippen LogP contribution is -2.14. The molecule has 6 heteroatoms. The van der Waals surface area contributed by atoms with Crippen LogP contribution in [0.3, 0.4) is 0 Å². The molecule has 4 nitrogen and oxygen atoms in total. The number of rotatable bonds is 5. The van der Waals surface area contributed by atoms with Crippen LogP contribution in [0.4, 0.5) is 0 Å². The number of aromatic nitrogens is 2. The Hall–Kier alpha value is -1.11. The molecule has 0 amide bonds. The van der Waals surface area contributed by atoms with Gasteiger partial charge < -0.3 is 10.1 Å². The Morgan fingerprint density at radius 3 is 2.89 bits per heavy atom. The topological polar surface area (TPSA) is 47.0 Å². The van der Waals surface area contributed by atoms with Gasteiger partial charge in [-0.1, -0.05) is 17.8 Å². The number of methoxy groups -OCH3 is 1. The Kier molecular flexibility index (Phi) is 4.57. The van der Waals surface area contributed by atoms with Gasteiger partial charge in [0.1, 0.15) is 12.1 Å². The highest BCUT2D eigenvalue weighted by molar-refractivity contribution is 8.01. The van der Waals surface area contributed by atoms with Gasteiger partial charge in [-0.3, -0.25) is 0 Å². The molecule has 1 heterocycles. The lowest BCUT2D eigenvalue weighted by molar-refractivity contribution is 0.401. The fourth-order valence-electron chi connectivity index (χ4n) is 1.66. The minimum absolute atomic E-state index is 0.219. The molecule has 0 aliphatic rings. The van der Waals surface area contributed by atoms with E-state index in [1.54, 1.807) is 25.2 Å². The molecule has 0 aliphatic heterocycles. The van der Waals surface area contributed by atoms with Crippen LogP contribution in [0.2, 0.25) is 0 Å². The van der Waals surface area contributed by atoms with Crippen molar-refractivity contribution in [3.05, 3.63) is 30.1 Å². The molecule has 0 spiro atoms. The van der Waals surface area contributed by atoms with Crippen molar-refractivity contribution < 1.29 is 4.74 Å². The molecule has 0 radical (unpaired) electrons. The van der Waals surface area contributed by atoms with Crippen LogP contribution in [-0.4, -0.2) is 23.5 Å². The number of hydrogen-bond acceptors (Lipinski definition) is 6. The fraction of sp³-hybridized carbons (Fsp3) is 0.333. The van der Waals surface area contributed by atoms with Gasteiger partial charge in [0, 0.05) is 16.5 Å². The average molecular weight is 281 g/mol. The summed E-state index contributed by atoms with van der Waals surface area (Å²) in [6, 6.07) is 6.27. The Labute approximate surface area is 115 Å². The minimum atomic E-state index is 0.219. The van der Waals surface area contributed by atoms with E-state index in [-0.39, 0.29) is 6.04 Å². The Balaban J connectivity index is 2.39. The molecule has 1 N–H and O–H groups in total. The Morgan fingerprint density at radius 2 is 2.28 bits per heavy atom. The molecule has 0 aliphatic carbocycles. The first-order chi connectivity index (χ1) is 8.76. The maximum atomic E-state index is 5.44. The molecular formula is C12H15N3OS2. The second-order valence-electron chi connectivity index (χ2n) is 3.69. The second-order valence-corrected chi connectivity index (χ2v) is 5.76. The van der Waals surface area contributed by atoms with Gasteiger partial charge in [0.2, 0.25) is 0 Å². The standard InChI is InChI=1S/C12H15N3OS2/c1-8(13-2)11-9(16-3)5-4-6-10(11)17-12-14-7-15-18-12/h4-8,13H,1-3H3. The van der Waals surface area contributed by atoms with E-state index in [0.717, 1.165) is 20.5 Å². The first-order valence-corrected chi connectivity index (χ1v) is 7.14. The van der Waals surface area contributed by atoms with E-state index in [1.165, 1.54) is 11.5 Å². The molecule has 1 aromatic heterocycles. The largest absolute Gasteiger partial charge is 0.496 e. The van der Waals surface area contributed by atoms with E-state index in [1.807, 2.05) is 19.2 Å². The normalized spacial score (nSPS) is 12.4. The van der Waals surface area contributed by atoms with Crippen molar-refractivity contribution in [1.82, 2.24) is 14.7 Å². The van der Waals surface area contributed by atoms with E-state index in [9.17, 15) is 0 Å². The maximum Gasteiger partial charge on any atom is 0.174 e. The lowest BCUT2D eigenvalue weighted by Gasteiger charge is -2.18. The third kappa shape index (κ3) is 2.82. The summed E-state index contributed by atoms with van der Waals surface area (Å²) >= 11 is 3.02. The van der Waals surface area contributed by atoms with Gasteiger partial charge in [0.05, 0.1) is 7.11 Å². The zero-order chi connectivity index (χ0) is 13.0. The van der Waals surface area contributed by atoms with Crippen LogP contribution in [0.25, 0.3) is 0 Å². The van der Waals surface area contributed by atoms with Crippen LogP contribution in [-0.2, 0) is 0 Å². The summed E-state index contributed by atoms with van der Waals surface area (Å²) in [6.45, 7) is 2.11. The highest BCUT2D eigenvalue weighted by atomic mass is 32.2. The monoisotopic (exact) mass is 281 g/mol. The average Bonchev–Trinajstić information content (AvgIpc) is 2.90. The van der Waals surface area contributed by atoms with Gasteiger partial charge in [0.15, 0.2) is 4.34 Å². The lowest BCUT2D eigenvalue weighted by atomic mass is 10.1. The van der Waals surface area contributed by atoms with Crippen molar-refractivity contribution in [3.8, 4) is 5.75 Å². The molecule has 0 bridgehead atoms. The number of nitrogens with one attached hydrogen (secondary N) is 1. The summed E-state index contributed by atoms with van der Waals surface area (Å²) in [5.74, 6) is 0.895. The van der Waals surface area contributed by atoms with Gasteiger partial charge >= 0.3 is 0 Å². The van der Waals surface area contributed by atoms with Gasteiger partial charge in [-0.25, -0.2) is 4.98 Å². The summed E-state index contributed by atoms with van der Waals surface area (Å²) in [7, 11) is 3.64. The molecule has 0 saturated heterocycles. The van der Waals surface area contributed by atoms with Gasteiger partial charge in [-0.05, 0) is 37.6 Å². The summed E-state index contributed by atoms with van der Waals surface area (Å²) in [5.41, 5.74) is 1.16. The molecule has 96 valence electrons. The summed E-state index contributed by atoms with van der Waals surface area (Å²) in [4.78, 5) is 5.35. The van der Waals surface area contributed by atoms with Gasteiger partial charge in [-0.2, -0.15) is 4.37 Å². The molecule has 1 atom stereocenters. The van der Waals surface area contributed by atoms with Gasteiger partial charge in [-0.15, -0.1) is 0 Å². The number of benzene rings is 1. The number of hydrogen-bond donors (Lipinski definition) is 1. The summed E-state index contributed by atoms with van der Waals surface area (Å²) in [6.07, 6.45) is 1.58. The van der Waals surface area contributed by atoms with E-state index >= 15 is 0 Å². The van der Waals surface area contributed by atoms with Crippen LogP contribution in [0, 0.1) is 0 Å². The first-order valence-electron chi connectivity index (χ1n) is 5.55. The quantitative estimate of drug-likeness (QED) is 0.913. The zero-order valence-electron chi connectivity index (χ0n) is 10.5. The van der Waals surface area contributed by atoms with Crippen molar-refractivity contribution in [2.24, 2.45) is 0 Å². The molecule has 2 aromatic rings. The molecule has 18 heavy (non-hydrogen) atoms. The third-order valence-corrected chi connectivity index (χ3v) is 4.44. The third-order valence-electron chi connectivity index (χ3n) is 2.65. The van der Waals surface area contributed by atoms with Crippen molar-refractivity contribution in [2.45, 2.75) is 22.2 Å². The zero-order valence-corrected chi connectivity index (χ0v) is 12.1. The molecular weight excluding hydrogens is 266 g/mol. The Bertz CT molecular complexity index is 502. The smallest absolute Gasteiger partial charge is 0.174 e. The molecule has 0 saturated carbocycles. The second kappa shape index (κ2) is 6.17. The Morgan fingerprint density at radius 1 is 1.44 bits per heavy atom. The van der Waals surface area contributed by atoms with Crippen LogP contribution in [0.5, 0.6) is 5.75 Å². The van der Waals surface area contributed by atoms with Crippen molar-refractivity contribution in [1.29, 1.82) is 0 Å². The highest BCUT2D eigenvalue weighted by Gasteiger charge is 2.16. The van der Waals surface area contributed by atoms with Crippen LogP contribution >= 0.6 is 23.3 Å². The van der Waals surface area contributed by atoms with Crippen LogP contribution in [0.1, 0.15) is 18.5 Å². The predicted octanol–water partition coefficient (Wildman–Crippen LogP) is 2.98. The van der Waals surface area contributed by atoms with E-state index < -0.39 is 0 Å². The highest BCUT2D eigenvalue weighted by Crippen LogP contribution is 2.38. The van der Waals surface area contributed by atoms with E-state index in [4.69, 9.17) is 4.74 Å². The molecule has 1 unspecified atom stereocenters. The fourth-order valence-corrected chi connectivity index (χ4v) is 3.31. The molecule has 0 fully saturated rings. The van der Waals surface area contributed by atoms with E-state index in [2.05, 4.69) is 27.7 Å². The van der Waals surface area contributed by atoms with Crippen molar-refractivity contribution in [2.75, 3.05) is 14.2 Å². The number of nitrogens with zero attached hydrogens (tertiary/aromatic N) is 2. The van der Waals surface area contributed by atoms with Crippen LogP contribution in [0.15, 0.2) is 33.8 Å². The molecule has 1 aromatic carbocycles. The van der Waals surface area contributed by atoms with Crippen molar-refractivity contribution >= 4 is 23.3 Å². The van der Waals surface area contributed by atoms with Crippen LogP contribution < -0.4 is 10.1 Å². The summed E-state index contributed by atoms with van der Waals surface area (Å²) in [5, 5.41) is 3.25. The number of ether oxygens (including phenoxy) is 1. The van der Waals surface area contributed by atoms with Crippen molar-refractivity contribution in [3.63, 3.8) is 0 Å². The molecule has 2 rings (SSSR count). The van der Waals surface area contributed by atoms with E-state index in [0.29, 0.717) is 0 Å². The first kappa shape index (κ1) is 13.3. The minimum Gasteiger partial charge on any atom is -0.496 e. The van der Waals surface area contributed by atoms with Gasteiger partial charge in [0.25, 0.3) is 0 Å². The maximum absolute atomic E-state index is 5.44. The SMILES string of the molecule is CNC(C)c1c(OC)cccc1Sc1ncns1.